The Morgan fingerprint density at radius 3 is 2.74 bits per heavy atom. The zero-order valence-corrected chi connectivity index (χ0v) is 10.3. The number of hydrogen-bond donors (Lipinski definition) is 1. The van der Waals surface area contributed by atoms with Crippen LogP contribution in [0, 0.1) is 0 Å². The lowest BCUT2D eigenvalue weighted by atomic mass is 10.2. The second-order valence-corrected chi connectivity index (χ2v) is 4.31. The highest BCUT2D eigenvalue weighted by Crippen LogP contribution is 2.32. The van der Waals surface area contributed by atoms with E-state index in [1.54, 1.807) is 4.90 Å². The number of rotatable bonds is 3. The summed E-state index contributed by atoms with van der Waals surface area (Å²) >= 11 is 0. The van der Waals surface area contributed by atoms with Crippen molar-refractivity contribution in [3.8, 4) is 5.75 Å². The fourth-order valence-electron chi connectivity index (χ4n) is 2.10. The van der Waals surface area contributed by atoms with Crippen LogP contribution in [0.5, 0.6) is 5.75 Å². The summed E-state index contributed by atoms with van der Waals surface area (Å²) in [5, 5.41) is 0. The second kappa shape index (κ2) is 4.78. The van der Waals surface area contributed by atoms with Gasteiger partial charge in [-0.15, -0.1) is 0 Å². The topological polar surface area (TPSA) is 68.7 Å². The van der Waals surface area contributed by atoms with E-state index in [1.807, 2.05) is 36.4 Å². The van der Waals surface area contributed by atoms with Crippen LogP contribution in [0.3, 0.4) is 0 Å². The largest absolute Gasteiger partial charge is 0.482 e. The van der Waals surface area contributed by atoms with Crippen molar-refractivity contribution < 1.29 is 13.9 Å². The number of benzene rings is 1. The maximum absolute atomic E-state index is 12.0. The normalized spacial score (nSPS) is 14.2. The second-order valence-electron chi connectivity index (χ2n) is 4.31. The maximum atomic E-state index is 12.0. The number of ether oxygens (including phenoxy) is 1. The van der Waals surface area contributed by atoms with E-state index in [2.05, 4.69) is 0 Å². The smallest absolute Gasteiger partial charge is 0.265 e. The van der Waals surface area contributed by atoms with Gasteiger partial charge in [0, 0.05) is 0 Å². The number of nitrogens with zero attached hydrogens (tertiary/aromatic N) is 1. The Morgan fingerprint density at radius 2 is 1.95 bits per heavy atom. The summed E-state index contributed by atoms with van der Waals surface area (Å²) in [5.41, 5.74) is 6.27. The molecule has 5 nitrogen and oxygen atoms in total. The van der Waals surface area contributed by atoms with E-state index in [0.717, 1.165) is 5.69 Å². The molecule has 5 heteroatoms. The molecule has 2 heterocycles. The standard InChI is InChI=1S/C14H14N2O3/c15-7-10-5-6-11(19-10)8-16-12-3-1-2-4-13(12)18-9-14(16)17/h1-6H,7-9,15H2. The van der Waals surface area contributed by atoms with E-state index in [0.29, 0.717) is 30.4 Å². The SMILES string of the molecule is NCc1ccc(CN2C(=O)COc3ccccc32)o1. The van der Waals surface area contributed by atoms with Crippen molar-refractivity contribution in [3.63, 3.8) is 0 Å². The van der Waals surface area contributed by atoms with E-state index in [9.17, 15) is 4.79 Å². The average Bonchev–Trinajstić information content (AvgIpc) is 2.90. The van der Waals surface area contributed by atoms with Gasteiger partial charge < -0.3 is 14.9 Å². The van der Waals surface area contributed by atoms with Crippen molar-refractivity contribution in [1.82, 2.24) is 0 Å². The third kappa shape index (κ3) is 2.20. The molecule has 0 radical (unpaired) electrons. The van der Waals surface area contributed by atoms with Gasteiger partial charge in [0.25, 0.3) is 5.91 Å². The number of furan rings is 1. The molecule has 2 N–H and O–H groups in total. The first-order chi connectivity index (χ1) is 9.28. The molecule has 0 saturated heterocycles. The van der Waals surface area contributed by atoms with Crippen LogP contribution in [0.2, 0.25) is 0 Å². The summed E-state index contributed by atoms with van der Waals surface area (Å²) in [6.45, 7) is 0.800. The van der Waals surface area contributed by atoms with Crippen LogP contribution in [0.4, 0.5) is 5.69 Å². The highest BCUT2D eigenvalue weighted by Gasteiger charge is 2.25. The molecule has 0 spiro atoms. The van der Waals surface area contributed by atoms with Gasteiger partial charge in [0.05, 0.1) is 18.8 Å². The van der Waals surface area contributed by atoms with Gasteiger partial charge in [-0.1, -0.05) is 12.1 Å². The predicted molar refractivity (Wildman–Crippen MR) is 69.7 cm³/mol. The molecule has 19 heavy (non-hydrogen) atoms. The van der Waals surface area contributed by atoms with E-state index in [1.165, 1.54) is 0 Å². The number of hydrogen-bond acceptors (Lipinski definition) is 4. The van der Waals surface area contributed by atoms with Gasteiger partial charge in [-0.25, -0.2) is 0 Å². The van der Waals surface area contributed by atoms with Crippen LogP contribution in [-0.4, -0.2) is 12.5 Å². The molecule has 1 aromatic carbocycles. The lowest BCUT2D eigenvalue weighted by molar-refractivity contribution is -0.121. The lowest BCUT2D eigenvalue weighted by Crippen LogP contribution is -2.38. The molecule has 98 valence electrons. The zero-order chi connectivity index (χ0) is 13.2. The van der Waals surface area contributed by atoms with Gasteiger partial charge in [-0.3, -0.25) is 9.69 Å². The fraction of sp³-hybridized carbons (Fsp3) is 0.214. The van der Waals surface area contributed by atoms with Crippen LogP contribution >= 0.6 is 0 Å². The average molecular weight is 258 g/mol. The van der Waals surface area contributed by atoms with Crippen LogP contribution in [0.15, 0.2) is 40.8 Å². The van der Waals surface area contributed by atoms with Crippen LogP contribution in [0.25, 0.3) is 0 Å². The van der Waals surface area contributed by atoms with Crippen molar-refractivity contribution in [2.45, 2.75) is 13.1 Å². The molecule has 1 aliphatic heterocycles. The number of nitrogens with two attached hydrogens (primary N) is 1. The van der Waals surface area contributed by atoms with Crippen LogP contribution in [-0.2, 0) is 17.9 Å². The van der Waals surface area contributed by atoms with Crippen molar-refractivity contribution in [1.29, 1.82) is 0 Å². The summed E-state index contributed by atoms with van der Waals surface area (Å²) in [6, 6.07) is 11.1. The molecule has 1 aromatic heterocycles. The monoisotopic (exact) mass is 258 g/mol. The van der Waals surface area contributed by atoms with Gasteiger partial charge in [-0.2, -0.15) is 0 Å². The molecule has 0 atom stereocenters. The minimum atomic E-state index is -0.0793. The molecule has 0 saturated carbocycles. The minimum Gasteiger partial charge on any atom is -0.482 e. The molecule has 0 bridgehead atoms. The molecule has 0 unspecified atom stereocenters. The summed E-state index contributed by atoms with van der Waals surface area (Å²) in [5.74, 6) is 2.06. The molecule has 2 aromatic rings. The number of carbonyl (C=O) groups excluding carboxylic acids is 1. The van der Waals surface area contributed by atoms with Gasteiger partial charge in [0.2, 0.25) is 0 Å². The summed E-state index contributed by atoms with van der Waals surface area (Å²) in [4.78, 5) is 13.6. The number of amides is 1. The number of anilines is 1. The van der Waals surface area contributed by atoms with Crippen LogP contribution < -0.4 is 15.4 Å². The molecular formula is C14H14N2O3. The van der Waals surface area contributed by atoms with Gasteiger partial charge >= 0.3 is 0 Å². The van der Waals surface area contributed by atoms with Gasteiger partial charge in [0.15, 0.2) is 6.61 Å². The van der Waals surface area contributed by atoms with E-state index >= 15 is 0 Å². The quantitative estimate of drug-likeness (QED) is 0.909. The van der Waals surface area contributed by atoms with Crippen molar-refractivity contribution in [2.24, 2.45) is 5.73 Å². The highest BCUT2D eigenvalue weighted by atomic mass is 16.5. The summed E-state index contributed by atoms with van der Waals surface area (Å²) in [7, 11) is 0. The van der Waals surface area contributed by atoms with Crippen LogP contribution in [0.1, 0.15) is 11.5 Å². The van der Waals surface area contributed by atoms with E-state index < -0.39 is 0 Å². The van der Waals surface area contributed by atoms with E-state index in [4.69, 9.17) is 14.9 Å². The van der Waals surface area contributed by atoms with Gasteiger partial charge in [0.1, 0.15) is 17.3 Å². The zero-order valence-electron chi connectivity index (χ0n) is 10.3. The number of carbonyl (C=O) groups is 1. The first-order valence-corrected chi connectivity index (χ1v) is 6.08. The fourth-order valence-corrected chi connectivity index (χ4v) is 2.10. The number of para-hydroxylation sites is 2. The minimum absolute atomic E-state index is 0.0570. The molecule has 1 aliphatic rings. The Hall–Kier alpha value is -2.27. The summed E-state index contributed by atoms with van der Waals surface area (Å²) < 4.78 is 10.9. The Morgan fingerprint density at radius 1 is 1.16 bits per heavy atom. The van der Waals surface area contributed by atoms with Crippen molar-refractivity contribution >= 4 is 11.6 Å². The Bertz CT molecular complexity index is 606. The first-order valence-electron chi connectivity index (χ1n) is 6.08. The molecule has 0 fully saturated rings. The highest BCUT2D eigenvalue weighted by molar-refractivity contribution is 5.97. The summed E-state index contributed by atoms with van der Waals surface area (Å²) in [6.07, 6.45) is 0. The number of fused-ring (bicyclic) bond motifs is 1. The van der Waals surface area contributed by atoms with Gasteiger partial charge in [-0.05, 0) is 24.3 Å². The van der Waals surface area contributed by atoms with Crippen molar-refractivity contribution in [3.05, 3.63) is 47.9 Å². The lowest BCUT2D eigenvalue weighted by Gasteiger charge is -2.28. The Balaban J connectivity index is 1.89. The predicted octanol–water partition coefficient (Wildman–Crippen LogP) is 1.66. The molecule has 0 aliphatic carbocycles. The Labute approximate surface area is 110 Å². The maximum Gasteiger partial charge on any atom is 0.265 e. The Kier molecular flexibility index (Phi) is 2.97. The van der Waals surface area contributed by atoms with E-state index in [-0.39, 0.29) is 12.5 Å². The molecule has 1 amide bonds. The third-order valence-corrected chi connectivity index (χ3v) is 3.04. The van der Waals surface area contributed by atoms with Crippen molar-refractivity contribution in [2.75, 3.05) is 11.5 Å². The third-order valence-electron chi connectivity index (χ3n) is 3.04. The first kappa shape index (κ1) is 11.8. The molecular weight excluding hydrogens is 244 g/mol. The molecule has 3 rings (SSSR count).